The van der Waals surface area contributed by atoms with E-state index >= 15 is 0 Å². The molecule has 17 nitrogen and oxygen atoms in total. The van der Waals surface area contributed by atoms with Crippen LogP contribution in [0.4, 0.5) is 0 Å². The maximum Gasteiger partial charge on any atom is 0.322 e. The third-order valence-corrected chi connectivity index (χ3v) is 3.58. The third kappa shape index (κ3) is 13.6. The van der Waals surface area contributed by atoms with E-state index < -0.39 is 98.4 Å². The Bertz CT molecular complexity index is 801. The van der Waals surface area contributed by atoms with Gasteiger partial charge in [-0.15, -0.1) is 0 Å². The Morgan fingerprint density at radius 1 is 0.636 bits per heavy atom. The van der Waals surface area contributed by atoms with Crippen LogP contribution in [0.1, 0.15) is 12.8 Å². The van der Waals surface area contributed by atoms with Crippen LogP contribution in [0.15, 0.2) is 0 Å². The molecule has 12 N–H and O–H groups in total. The molecule has 2 atom stereocenters. The van der Waals surface area contributed by atoms with E-state index in [4.69, 9.17) is 22.3 Å². The van der Waals surface area contributed by atoms with E-state index in [1.54, 1.807) is 0 Å². The molecule has 0 aliphatic rings. The highest BCUT2D eigenvalue weighted by molar-refractivity contribution is 5.96. The van der Waals surface area contributed by atoms with Crippen molar-refractivity contribution in [3.8, 4) is 0 Å². The van der Waals surface area contributed by atoms with Crippen molar-refractivity contribution in [1.82, 2.24) is 26.6 Å². The van der Waals surface area contributed by atoms with Gasteiger partial charge >= 0.3 is 5.97 Å². The summed E-state index contributed by atoms with van der Waals surface area (Å²) in [6.07, 6.45) is -1.18. The van der Waals surface area contributed by atoms with Crippen molar-refractivity contribution < 1.29 is 43.5 Å². The molecule has 0 rings (SSSR count). The number of hydrogen-bond donors (Lipinski definition) is 9. The minimum absolute atomic E-state index is 0.455. The number of carbonyl (C=O) groups is 8. The Balaban J connectivity index is 4.68. The van der Waals surface area contributed by atoms with E-state index in [0.29, 0.717) is 0 Å². The average Bonchev–Trinajstić information content (AvgIpc) is 2.72. The summed E-state index contributed by atoms with van der Waals surface area (Å²) in [7, 11) is 0. The normalized spacial score (nSPS) is 11.8. The fourth-order valence-electron chi connectivity index (χ4n) is 2.14. The van der Waals surface area contributed by atoms with Gasteiger partial charge in [-0.1, -0.05) is 0 Å². The number of nitrogens with two attached hydrogens (primary N) is 3. The van der Waals surface area contributed by atoms with E-state index in [0.717, 1.165) is 0 Å². The van der Waals surface area contributed by atoms with E-state index in [1.807, 2.05) is 5.32 Å². The third-order valence-electron chi connectivity index (χ3n) is 3.58. The zero-order valence-electron chi connectivity index (χ0n) is 17.3. The van der Waals surface area contributed by atoms with Gasteiger partial charge in [-0.05, 0) is 0 Å². The van der Waals surface area contributed by atoms with Gasteiger partial charge in [0.15, 0.2) is 0 Å². The number of aliphatic carboxylic acids is 1. The van der Waals surface area contributed by atoms with Crippen molar-refractivity contribution >= 4 is 47.3 Å². The number of carboxylic acids is 1. The first-order valence-corrected chi connectivity index (χ1v) is 9.25. The minimum Gasteiger partial charge on any atom is -0.480 e. The lowest BCUT2D eigenvalue weighted by atomic mass is 10.1. The highest BCUT2D eigenvalue weighted by Crippen LogP contribution is 1.93. The van der Waals surface area contributed by atoms with Crippen molar-refractivity contribution in [2.75, 3.05) is 26.2 Å². The van der Waals surface area contributed by atoms with Crippen LogP contribution in [0.2, 0.25) is 0 Å². The number of primary amides is 2. The molecule has 0 saturated heterocycles. The maximum absolute atomic E-state index is 12.0. The van der Waals surface area contributed by atoms with Crippen LogP contribution in [0, 0.1) is 0 Å². The summed E-state index contributed by atoms with van der Waals surface area (Å²) in [5.74, 6) is -7.62. The van der Waals surface area contributed by atoms with Crippen LogP contribution in [-0.2, 0) is 38.4 Å². The summed E-state index contributed by atoms with van der Waals surface area (Å²) in [5, 5.41) is 19.0. The summed E-state index contributed by atoms with van der Waals surface area (Å²) in [4.78, 5) is 91.6. The maximum atomic E-state index is 12.0. The summed E-state index contributed by atoms with van der Waals surface area (Å²) < 4.78 is 0. The smallest absolute Gasteiger partial charge is 0.322 e. The molecule has 0 aliphatic heterocycles. The van der Waals surface area contributed by atoms with Gasteiger partial charge < -0.3 is 48.9 Å². The molecular weight excluding hydrogens is 448 g/mol. The van der Waals surface area contributed by atoms with Gasteiger partial charge in [-0.3, -0.25) is 38.4 Å². The lowest BCUT2D eigenvalue weighted by molar-refractivity contribution is -0.138. The monoisotopic (exact) mass is 474 g/mol. The van der Waals surface area contributed by atoms with Crippen molar-refractivity contribution in [1.29, 1.82) is 0 Å². The van der Waals surface area contributed by atoms with Crippen LogP contribution in [0.3, 0.4) is 0 Å². The Morgan fingerprint density at radius 3 is 1.48 bits per heavy atom. The molecule has 0 heterocycles. The second-order valence-corrected chi connectivity index (χ2v) is 6.39. The summed E-state index contributed by atoms with van der Waals surface area (Å²) >= 11 is 0. The Hall–Kier alpha value is -4.28. The van der Waals surface area contributed by atoms with Gasteiger partial charge in [-0.2, -0.15) is 0 Å². The molecule has 17 heteroatoms. The first-order chi connectivity index (χ1) is 15.3. The van der Waals surface area contributed by atoms with Crippen molar-refractivity contribution in [3.63, 3.8) is 0 Å². The molecule has 0 aromatic rings. The zero-order chi connectivity index (χ0) is 25.6. The predicted octanol–water partition coefficient (Wildman–Crippen LogP) is -6.90. The van der Waals surface area contributed by atoms with Gasteiger partial charge in [0.2, 0.25) is 41.4 Å². The number of amides is 7. The highest BCUT2D eigenvalue weighted by atomic mass is 16.4. The van der Waals surface area contributed by atoms with Gasteiger partial charge in [-0.25, -0.2) is 0 Å². The second kappa shape index (κ2) is 14.7. The second-order valence-electron chi connectivity index (χ2n) is 6.39. The van der Waals surface area contributed by atoms with Crippen molar-refractivity contribution in [3.05, 3.63) is 0 Å². The Morgan fingerprint density at radius 2 is 1.06 bits per heavy atom. The van der Waals surface area contributed by atoms with Gasteiger partial charge in [0.25, 0.3) is 0 Å². The van der Waals surface area contributed by atoms with E-state index in [2.05, 4.69) is 21.3 Å². The van der Waals surface area contributed by atoms with E-state index in [1.165, 1.54) is 0 Å². The first kappa shape index (κ1) is 28.7. The summed E-state index contributed by atoms with van der Waals surface area (Å²) in [6.45, 7) is -2.54. The topological polar surface area (TPSA) is 295 Å². The fourth-order valence-corrected chi connectivity index (χ4v) is 2.14. The number of nitrogens with one attached hydrogen (secondary N) is 5. The molecule has 0 bridgehead atoms. The van der Waals surface area contributed by atoms with Gasteiger partial charge in [0.1, 0.15) is 18.6 Å². The number of hydrogen-bond acceptors (Lipinski definition) is 9. The number of carbonyl (C=O) groups excluding carboxylic acids is 7. The molecule has 0 aromatic carbocycles. The molecule has 0 radical (unpaired) electrons. The molecule has 7 amide bonds. The lowest BCUT2D eigenvalue weighted by Crippen LogP contribution is -2.53. The van der Waals surface area contributed by atoms with Crippen LogP contribution >= 0.6 is 0 Å². The minimum atomic E-state index is -1.48. The van der Waals surface area contributed by atoms with Gasteiger partial charge in [0.05, 0.1) is 32.5 Å². The molecule has 0 aromatic heterocycles. The molecule has 0 aliphatic carbocycles. The molecular formula is C16H26N8O9. The number of carboxylic acid groups (broad SMARTS) is 1. The fraction of sp³-hybridized carbons (Fsp3) is 0.500. The summed E-state index contributed by atoms with van der Waals surface area (Å²) in [5.41, 5.74) is 15.1. The largest absolute Gasteiger partial charge is 0.480 e. The van der Waals surface area contributed by atoms with Gasteiger partial charge in [0, 0.05) is 0 Å². The highest BCUT2D eigenvalue weighted by Gasteiger charge is 2.24. The quantitative estimate of drug-likeness (QED) is 0.108. The van der Waals surface area contributed by atoms with E-state index in [9.17, 15) is 38.4 Å². The standard InChI is InChI=1S/C16H26N8O9/c17-3-11(27)23-7(1-9(18)25)15(32)21-4-12(28)20-5-13(29)24-8(2-10(19)26)16(33)22-6-14(30)31/h7-8H,1-6,17H2,(H2,18,25)(H2,19,26)(H,20,28)(H,21,32)(H,22,33)(H,23,27)(H,24,29)(H,30,31)/t7-,8-/m0/s1. The van der Waals surface area contributed by atoms with Crippen molar-refractivity contribution in [2.45, 2.75) is 24.9 Å². The van der Waals surface area contributed by atoms with Crippen LogP contribution < -0.4 is 43.8 Å². The van der Waals surface area contributed by atoms with Crippen molar-refractivity contribution in [2.24, 2.45) is 17.2 Å². The summed E-state index contributed by atoms with van der Waals surface area (Å²) in [6, 6.07) is -2.85. The molecule has 0 spiro atoms. The SMILES string of the molecule is NCC(=O)N[C@@H](CC(N)=O)C(=O)NCC(=O)NCC(=O)N[C@@H](CC(N)=O)C(=O)NCC(=O)O. The molecule has 0 unspecified atom stereocenters. The average molecular weight is 474 g/mol. The zero-order valence-corrected chi connectivity index (χ0v) is 17.3. The predicted molar refractivity (Wildman–Crippen MR) is 107 cm³/mol. The van der Waals surface area contributed by atoms with Crippen LogP contribution in [0.5, 0.6) is 0 Å². The lowest BCUT2D eigenvalue weighted by Gasteiger charge is -2.17. The molecule has 0 saturated carbocycles. The molecule has 184 valence electrons. The van der Waals surface area contributed by atoms with Crippen LogP contribution in [-0.4, -0.2) is 90.7 Å². The molecule has 0 fully saturated rings. The number of rotatable bonds is 15. The molecule has 33 heavy (non-hydrogen) atoms. The van der Waals surface area contributed by atoms with Crippen LogP contribution in [0.25, 0.3) is 0 Å². The van der Waals surface area contributed by atoms with E-state index in [-0.39, 0.29) is 0 Å². The Kier molecular flexibility index (Phi) is 12.8. The Labute approximate surface area is 186 Å². The first-order valence-electron chi connectivity index (χ1n) is 9.25.